The molecular weight excluding hydrogens is 200 g/mol. The number of amides is 1. The number of rotatable bonds is 2. The Kier molecular flexibility index (Phi) is 2.29. The summed E-state index contributed by atoms with van der Waals surface area (Å²) in [5.74, 6) is 1.15. The van der Waals surface area contributed by atoms with Gasteiger partial charge in [-0.15, -0.1) is 0 Å². The van der Waals surface area contributed by atoms with Crippen molar-refractivity contribution in [3.05, 3.63) is 0 Å². The Morgan fingerprint density at radius 2 is 2.00 bits per heavy atom. The lowest BCUT2D eigenvalue weighted by Gasteiger charge is -2.28. The van der Waals surface area contributed by atoms with E-state index in [0.717, 1.165) is 18.8 Å². The topological polar surface area (TPSA) is 32.3 Å². The van der Waals surface area contributed by atoms with Crippen LogP contribution in [0.25, 0.3) is 0 Å². The molecule has 1 heterocycles. The fraction of sp³-hybridized carbons (Fsp3) is 0.923. The first-order valence-electron chi connectivity index (χ1n) is 6.74. The van der Waals surface area contributed by atoms with Crippen molar-refractivity contribution in [1.29, 1.82) is 0 Å². The maximum absolute atomic E-state index is 12.6. The number of nitrogens with zero attached hydrogens (tertiary/aromatic N) is 1. The molecule has 3 nitrogen and oxygen atoms in total. The van der Waals surface area contributed by atoms with Gasteiger partial charge in [-0.1, -0.05) is 12.8 Å². The zero-order valence-corrected chi connectivity index (χ0v) is 10.3. The third-order valence-electron chi connectivity index (χ3n) is 4.75. The van der Waals surface area contributed by atoms with E-state index in [0.29, 0.717) is 11.9 Å². The van der Waals surface area contributed by atoms with E-state index in [1.165, 1.54) is 25.7 Å². The molecule has 2 aliphatic carbocycles. The summed E-state index contributed by atoms with van der Waals surface area (Å²) in [6.45, 7) is 4.37. The molecule has 1 saturated heterocycles. The molecule has 1 spiro atoms. The van der Waals surface area contributed by atoms with Crippen LogP contribution in [-0.2, 0) is 4.79 Å². The molecule has 3 aliphatic rings. The van der Waals surface area contributed by atoms with Gasteiger partial charge in [-0.2, -0.15) is 0 Å². The van der Waals surface area contributed by atoms with Crippen molar-refractivity contribution < 1.29 is 4.79 Å². The standard InChI is InChI=1S/C13H22N2O/c1-9(11-5-6-11)15-10(2)14-13(12(15)16)7-3-4-8-13/h9-11,14H,3-8H2,1-2H3. The zero-order valence-electron chi connectivity index (χ0n) is 10.3. The van der Waals surface area contributed by atoms with Crippen LogP contribution in [0.15, 0.2) is 0 Å². The average molecular weight is 222 g/mol. The molecule has 2 atom stereocenters. The summed E-state index contributed by atoms with van der Waals surface area (Å²) < 4.78 is 0. The minimum atomic E-state index is -0.178. The van der Waals surface area contributed by atoms with Crippen LogP contribution in [-0.4, -0.2) is 28.6 Å². The molecule has 2 unspecified atom stereocenters. The molecule has 1 aliphatic heterocycles. The second-order valence-corrected chi connectivity index (χ2v) is 5.90. The SMILES string of the molecule is CC1NC2(CCCC2)C(=O)N1C(C)C1CC1. The Morgan fingerprint density at radius 1 is 1.38 bits per heavy atom. The van der Waals surface area contributed by atoms with Gasteiger partial charge >= 0.3 is 0 Å². The van der Waals surface area contributed by atoms with Crippen LogP contribution in [0.2, 0.25) is 0 Å². The van der Waals surface area contributed by atoms with Gasteiger partial charge in [-0.05, 0) is 45.4 Å². The maximum atomic E-state index is 12.6. The molecule has 0 radical (unpaired) electrons. The van der Waals surface area contributed by atoms with Gasteiger partial charge in [0, 0.05) is 6.04 Å². The van der Waals surface area contributed by atoms with Gasteiger partial charge in [-0.3, -0.25) is 10.1 Å². The van der Waals surface area contributed by atoms with E-state index in [1.54, 1.807) is 0 Å². The average Bonchev–Trinajstić information content (AvgIpc) is 2.95. The maximum Gasteiger partial charge on any atom is 0.244 e. The second kappa shape index (κ2) is 3.46. The van der Waals surface area contributed by atoms with E-state index in [4.69, 9.17) is 0 Å². The monoisotopic (exact) mass is 222 g/mol. The van der Waals surface area contributed by atoms with E-state index in [2.05, 4.69) is 24.1 Å². The summed E-state index contributed by atoms with van der Waals surface area (Å²) in [7, 11) is 0. The lowest BCUT2D eigenvalue weighted by atomic mass is 9.97. The van der Waals surface area contributed by atoms with Crippen molar-refractivity contribution in [1.82, 2.24) is 10.2 Å². The van der Waals surface area contributed by atoms with Crippen molar-refractivity contribution in [2.24, 2.45) is 5.92 Å². The van der Waals surface area contributed by atoms with E-state index in [-0.39, 0.29) is 11.7 Å². The van der Waals surface area contributed by atoms with Gasteiger partial charge in [-0.25, -0.2) is 0 Å². The first-order chi connectivity index (χ1) is 7.64. The minimum absolute atomic E-state index is 0.178. The number of carbonyl (C=O) groups excluding carboxylic acids is 1. The number of hydrogen-bond acceptors (Lipinski definition) is 2. The second-order valence-electron chi connectivity index (χ2n) is 5.90. The van der Waals surface area contributed by atoms with Gasteiger partial charge in [0.15, 0.2) is 0 Å². The summed E-state index contributed by atoms with van der Waals surface area (Å²) >= 11 is 0. The molecule has 3 fully saturated rings. The van der Waals surface area contributed by atoms with Crippen molar-refractivity contribution in [3.63, 3.8) is 0 Å². The Balaban J connectivity index is 1.81. The normalized spacial score (nSPS) is 35.0. The quantitative estimate of drug-likeness (QED) is 0.773. The Bertz CT molecular complexity index is 305. The molecule has 0 aromatic rings. The molecule has 1 amide bonds. The lowest BCUT2D eigenvalue weighted by Crippen LogP contribution is -2.45. The number of nitrogens with one attached hydrogen (secondary N) is 1. The molecule has 3 heteroatoms. The number of hydrogen-bond donors (Lipinski definition) is 1. The molecule has 0 aromatic carbocycles. The first kappa shape index (κ1) is 10.6. The minimum Gasteiger partial charge on any atom is -0.323 e. The molecule has 90 valence electrons. The molecule has 0 aromatic heterocycles. The Hall–Kier alpha value is -0.570. The lowest BCUT2D eigenvalue weighted by molar-refractivity contribution is -0.135. The molecule has 2 saturated carbocycles. The Labute approximate surface area is 97.6 Å². The smallest absolute Gasteiger partial charge is 0.244 e. The fourth-order valence-electron chi connectivity index (χ4n) is 3.63. The predicted octanol–water partition coefficient (Wildman–Crippen LogP) is 1.88. The van der Waals surface area contributed by atoms with Crippen LogP contribution in [0, 0.1) is 5.92 Å². The van der Waals surface area contributed by atoms with Crippen molar-refractivity contribution >= 4 is 5.91 Å². The zero-order chi connectivity index (χ0) is 11.3. The van der Waals surface area contributed by atoms with E-state index in [9.17, 15) is 4.79 Å². The third-order valence-corrected chi connectivity index (χ3v) is 4.75. The Morgan fingerprint density at radius 3 is 2.56 bits per heavy atom. The van der Waals surface area contributed by atoms with Gasteiger partial charge in [0.2, 0.25) is 5.91 Å². The first-order valence-corrected chi connectivity index (χ1v) is 6.74. The van der Waals surface area contributed by atoms with Crippen LogP contribution < -0.4 is 5.32 Å². The number of carbonyl (C=O) groups is 1. The highest BCUT2D eigenvalue weighted by molar-refractivity contribution is 5.89. The van der Waals surface area contributed by atoms with E-state index >= 15 is 0 Å². The summed E-state index contributed by atoms with van der Waals surface area (Å²) in [5, 5.41) is 3.57. The van der Waals surface area contributed by atoms with Crippen molar-refractivity contribution in [2.75, 3.05) is 0 Å². The fourth-order valence-corrected chi connectivity index (χ4v) is 3.63. The van der Waals surface area contributed by atoms with Gasteiger partial charge in [0.25, 0.3) is 0 Å². The van der Waals surface area contributed by atoms with Crippen LogP contribution in [0.5, 0.6) is 0 Å². The molecule has 16 heavy (non-hydrogen) atoms. The van der Waals surface area contributed by atoms with Gasteiger partial charge in [0.05, 0.1) is 11.7 Å². The molecule has 1 N–H and O–H groups in total. The van der Waals surface area contributed by atoms with Crippen LogP contribution >= 0.6 is 0 Å². The largest absolute Gasteiger partial charge is 0.323 e. The predicted molar refractivity (Wildman–Crippen MR) is 62.8 cm³/mol. The molecular formula is C13H22N2O. The summed E-state index contributed by atoms with van der Waals surface area (Å²) in [6, 6.07) is 0.440. The third kappa shape index (κ3) is 1.41. The highest BCUT2D eigenvalue weighted by Crippen LogP contribution is 2.41. The summed E-state index contributed by atoms with van der Waals surface area (Å²) in [6.07, 6.45) is 7.36. The van der Waals surface area contributed by atoms with E-state index < -0.39 is 0 Å². The van der Waals surface area contributed by atoms with E-state index in [1.807, 2.05) is 0 Å². The van der Waals surface area contributed by atoms with Crippen molar-refractivity contribution in [2.45, 2.75) is 70.1 Å². The van der Waals surface area contributed by atoms with Gasteiger partial charge in [0.1, 0.15) is 0 Å². The molecule has 0 bridgehead atoms. The highest BCUT2D eigenvalue weighted by atomic mass is 16.2. The summed E-state index contributed by atoms with van der Waals surface area (Å²) in [5.41, 5.74) is -0.178. The highest BCUT2D eigenvalue weighted by Gasteiger charge is 2.53. The molecule has 3 rings (SSSR count). The van der Waals surface area contributed by atoms with Gasteiger partial charge < -0.3 is 4.90 Å². The van der Waals surface area contributed by atoms with Crippen LogP contribution in [0.1, 0.15) is 52.4 Å². The van der Waals surface area contributed by atoms with Crippen LogP contribution in [0.3, 0.4) is 0 Å². The summed E-state index contributed by atoms with van der Waals surface area (Å²) in [4.78, 5) is 14.7. The van der Waals surface area contributed by atoms with Crippen LogP contribution in [0.4, 0.5) is 0 Å². The van der Waals surface area contributed by atoms with Crippen molar-refractivity contribution in [3.8, 4) is 0 Å².